The van der Waals surface area contributed by atoms with Gasteiger partial charge in [-0.3, -0.25) is 0 Å². The molecule has 4 aromatic rings. The molecule has 0 spiro atoms. The summed E-state index contributed by atoms with van der Waals surface area (Å²) in [6.45, 7) is 2.08. The number of aryl methyl sites for hydroxylation is 1. The Bertz CT molecular complexity index is 1320. The summed E-state index contributed by atoms with van der Waals surface area (Å²) in [5, 5.41) is 8.94. The van der Waals surface area contributed by atoms with Gasteiger partial charge < -0.3 is 4.57 Å². The van der Waals surface area contributed by atoms with E-state index in [0.717, 1.165) is 16.7 Å². The van der Waals surface area contributed by atoms with Crippen LogP contribution in [0.25, 0.3) is 11.4 Å². The smallest absolute Gasteiger partial charge is 0.240 e. The summed E-state index contributed by atoms with van der Waals surface area (Å²) in [6.07, 6.45) is 0. The zero-order valence-electron chi connectivity index (χ0n) is 18.1. The van der Waals surface area contributed by atoms with Crippen LogP contribution < -0.4 is 4.72 Å². The topological polar surface area (TPSA) is 76.9 Å². The summed E-state index contributed by atoms with van der Waals surface area (Å²) in [5.41, 5.74) is 2.70. The van der Waals surface area contributed by atoms with Crippen LogP contribution in [0, 0.1) is 12.7 Å². The van der Waals surface area contributed by atoms with E-state index in [1.807, 2.05) is 48.9 Å². The quantitative estimate of drug-likeness (QED) is 0.367. The minimum Gasteiger partial charge on any atom is -0.305 e. The van der Waals surface area contributed by atoms with Crippen LogP contribution in [0.3, 0.4) is 0 Å². The molecule has 170 valence electrons. The molecule has 0 amide bonds. The van der Waals surface area contributed by atoms with Crippen LogP contribution in [-0.2, 0) is 17.1 Å². The standard InChI is InChI=1S/C24H23FN4O2S2/c1-17-8-14-21(15-9-17)33(30,31)26-16-22(18-6-4-3-5-7-18)32-24-28-27-23(29(24)2)19-10-12-20(25)13-11-19/h3-15,22,26H,16H2,1-2H3/t22-/m0/s1. The number of nitrogens with one attached hydrogen (secondary N) is 1. The molecular formula is C24H23FN4O2S2. The second-order valence-electron chi connectivity index (χ2n) is 7.55. The van der Waals surface area contributed by atoms with Crippen LogP contribution in [0.4, 0.5) is 4.39 Å². The molecule has 9 heteroatoms. The Balaban J connectivity index is 1.57. The third-order valence-electron chi connectivity index (χ3n) is 5.15. The predicted molar refractivity (Wildman–Crippen MR) is 128 cm³/mol. The van der Waals surface area contributed by atoms with E-state index in [2.05, 4.69) is 14.9 Å². The van der Waals surface area contributed by atoms with E-state index in [1.54, 1.807) is 36.4 Å². The molecule has 0 aliphatic carbocycles. The van der Waals surface area contributed by atoms with Gasteiger partial charge in [0.1, 0.15) is 5.82 Å². The number of hydrogen-bond acceptors (Lipinski definition) is 5. The van der Waals surface area contributed by atoms with Gasteiger partial charge in [-0.15, -0.1) is 10.2 Å². The van der Waals surface area contributed by atoms with Crippen LogP contribution in [0.15, 0.2) is 88.9 Å². The lowest BCUT2D eigenvalue weighted by Gasteiger charge is -2.17. The van der Waals surface area contributed by atoms with Crippen molar-refractivity contribution in [2.45, 2.75) is 22.2 Å². The Morgan fingerprint density at radius 1 is 0.970 bits per heavy atom. The first kappa shape index (κ1) is 23.2. The molecule has 0 radical (unpaired) electrons. The Labute approximate surface area is 196 Å². The first-order valence-electron chi connectivity index (χ1n) is 10.3. The first-order chi connectivity index (χ1) is 15.8. The van der Waals surface area contributed by atoms with Crippen LogP contribution in [0.1, 0.15) is 16.4 Å². The van der Waals surface area contributed by atoms with Crippen molar-refractivity contribution in [3.05, 3.63) is 95.8 Å². The molecule has 0 aliphatic heterocycles. The van der Waals surface area contributed by atoms with E-state index in [9.17, 15) is 12.8 Å². The van der Waals surface area contributed by atoms with E-state index in [4.69, 9.17) is 0 Å². The summed E-state index contributed by atoms with van der Waals surface area (Å²) in [5.74, 6) is 0.282. The fourth-order valence-corrected chi connectivity index (χ4v) is 5.48. The zero-order valence-corrected chi connectivity index (χ0v) is 19.8. The van der Waals surface area contributed by atoms with Crippen molar-refractivity contribution < 1.29 is 12.8 Å². The van der Waals surface area contributed by atoms with Gasteiger partial charge in [-0.2, -0.15) is 0 Å². The largest absolute Gasteiger partial charge is 0.305 e. The van der Waals surface area contributed by atoms with Crippen molar-refractivity contribution in [2.24, 2.45) is 7.05 Å². The number of nitrogens with zero attached hydrogens (tertiary/aromatic N) is 3. The predicted octanol–water partition coefficient (Wildman–Crippen LogP) is 4.74. The Morgan fingerprint density at radius 3 is 2.30 bits per heavy atom. The van der Waals surface area contributed by atoms with Gasteiger partial charge in [-0.05, 0) is 48.9 Å². The average molecular weight is 483 g/mol. The maximum Gasteiger partial charge on any atom is 0.240 e. The van der Waals surface area contributed by atoms with Crippen molar-refractivity contribution in [2.75, 3.05) is 6.54 Å². The van der Waals surface area contributed by atoms with Gasteiger partial charge in [0.15, 0.2) is 11.0 Å². The van der Waals surface area contributed by atoms with Gasteiger partial charge in [0.05, 0.1) is 10.1 Å². The van der Waals surface area contributed by atoms with Gasteiger partial charge in [-0.1, -0.05) is 59.8 Å². The number of halogens is 1. The molecule has 0 fully saturated rings. The monoisotopic (exact) mass is 482 g/mol. The second-order valence-corrected chi connectivity index (χ2v) is 10.5. The van der Waals surface area contributed by atoms with E-state index < -0.39 is 10.0 Å². The maximum absolute atomic E-state index is 13.3. The van der Waals surface area contributed by atoms with Crippen LogP contribution >= 0.6 is 11.8 Å². The van der Waals surface area contributed by atoms with Gasteiger partial charge in [-0.25, -0.2) is 17.5 Å². The Hall–Kier alpha value is -3.01. The Morgan fingerprint density at radius 2 is 1.64 bits per heavy atom. The molecule has 0 saturated carbocycles. The van der Waals surface area contributed by atoms with Crippen molar-refractivity contribution in [1.29, 1.82) is 0 Å². The fourth-order valence-electron chi connectivity index (χ4n) is 3.28. The number of hydrogen-bond donors (Lipinski definition) is 1. The van der Waals surface area contributed by atoms with E-state index in [1.165, 1.54) is 23.9 Å². The highest BCUT2D eigenvalue weighted by atomic mass is 32.2. The highest BCUT2D eigenvalue weighted by Gasteiger charge is 2.22. The second kappa shape index (κ2) is 9.86. The van der Waals surface area contributed by atoms with Crippen molar-refractivity contribution in [3.63, 3.8) is 0 Å². The minimum absolute atomic E-state index is 0.170. The molecule has 0 bridgehead atoms. The highest BCUT2D eigenvalue weighted by molar-refractivity contribution is 7.99. The third kappa shape index (κ3) is 5.50. The maximum atomic E-state index is 13.3. The highest BCUT2D eigenvalue weighted by Crippen LogP contribution is 2.35. The first-order valence-corrected chi connectivity index (χ1v) is 12.6. The lowest BCUT2D eigenvalue weighted by Crippen LogP contribution is -2.27. The van der Waals surface area contributed by atoms with Gasteiger partial charge in [0.2, 0.25) is 10.0 Å². The molecule has 33 heavy (non-hydrogen) atoms. The third-order valence-corrected chi connectivity index (χ3v) is 7.88. The lowest BCUT2D eigenvalue weighted by molar-refractivity contribution is 0.581. The number of sulfonamides is 1. The van der Waals surface area contributed by atoms with Crippen molar-refractivity contribution >= 4 is 21.8 Å². The Kier molecular flexibility index (Phi) is 6.92. The molecule has 1 heterocycles. The molecule has 0 unspecified atom stereocenters. The van der Waals surface area contributed by atoms with Crippen molar-refractivity contribution in [3.8, 4) is 11.4 Å². The molecule has 1 atom stereocenters. The number of benzene rings is 3. The average Bonchev–Trinajstić information content (AvgIpc) is 3.18. The van der Waals surface area contributed by atoms with Gasteiger partial charge in [0.25, 0.3) is 0 Å². The van der Waals surface area contributed by atoms with Gasteiger partial charge in [0, 0.05) is 19.2 Å². The molecule has 0 saturated heterocycles. The fraction of sp³-hybridized carbons (Fsp3) is 0.167. The van der Waals surface area contributed by atoms with E-state index in [0.29, 0.717) is 11.0 Å². The molecule has 6 nitrogen and oxygen atoms in total. The van der Waals surface area contributed by atoms with Crippen LogP contribution in [0.5, 0.6) is 0 Å². The number of thioether (sulfide) groups is 1. The summed E-state index contributed by atoms with van der Waals surface area (Å²) < 4.78 is 43.5. The molecule has 4 rings (SSSR count). The molecular weight excluding hydrogens is 459 g/mol. The minimum atomic E-state index is -3.67. The molecule has 1 aromatic heterocycles. The SMILES string of the molecule is Cc1ccc(S(=O)(=O)NC[C@H](Sc2nnc(-c3ccc(F)cc3)n2C)c2ccccc2)cc1. The molecule has 0 aliphatic rings. The van der Waals surface area contributed by atoms with Crippen LogP contribution in [-0.4, -0.2) is 29.7 Å². The lowest BCUT2D eigenvalue weighted by atomic mass is 10.1. The normalized spacial score (nSPS) is 12.6. The van der Waals surface area contributed by atoms with E-state index >= 15 is 0 Å². The summed E-state index contributed by atoms with van der Waals surface area (Å²) in [7, 11) is -1.83. The van der Waals surface area contributed by atoms with E-state index in [-0.39, 0.29) is 22.5 Å². The zero-order chi connectivity index (χ0) is 23.4. The number of rotatable bonds is 8. The van der Waals surface area contributed by atoms with Crippen LogP contribution in [0.2, 0.25) is 0 Å². The summed E-state index contributed by atoms with van der Waals surface area (Å²) in [6, 6.07) is 22.4. The number of aromatic nitrogens is 3. The summed E-state index contributed by atoms with van der Waals surface area (Å²) in [4.78, 5) is 0.224. The summed E-state index contributed by atoms with van der Waals surface area (Å²) >= 11 is 1.41. The van der Waals surface area contributed by atoms with Crippen molar-refractivity contribution in [1.82, 2.24) is 19.5 Å². The molecule has 1 N–H and O–H groups in total. The molecule has 3 aromatic carbocycles. The van der Waals surface area contributed by atoms with Gasteiger partial charge >= 0.3 is 0 Å².